The van der Waals surface area contributed by atoms with Crippen LogP contribution >= 0.6 is 0 Å². The van der Waals surface area contributed by atoms with Crippen LogP contribution in [0.25, 0.3) is 10.9 Å². The van der Waals surface area contributed by atoms with Gasteiger partial charge in [-0.3, -0.25) is 9.69 Å². The quantitative estimate of drug-likeness (QED) is 0.850. The van der Waals surface area contributed by atoms with Gasteiger partial charge in [0.2, 0.25) is 0 Å². The van der Waals surface area contributed by atoms with Crippen molar-refractivity contribution in [1.29, 1.82) is 0 Å². The third-order valence-electron chi connectivity index (χ3n) is 3.72. The van der Waals surface area contributed by atoms with E-state index in [-0.39, 0.29) is 5.43 Å². The first-order valence-electron chi connectivity index (χ1n) is 7.37. The molecular weight excluding hydrogens is 268 g/mol. The lowest BCUT2D eigenvalue weighted by atomic mass is 10.2. The third kappa shape index (κ3) is 3.62. The van der Waals surface area contributed by atoms with Gasteiger partial charge < -0.3 is 14.5 Å². The largest absolute Gasteiger partial charge is 0.493 e. The maximum atomic E-state index is 11.6. The number of ether oxygens (including phenoxy) is 2. The average molecular weight is 288 g/mol. The summed E-state index contributed by atoms with van der Waals surface area (Å²) >= 11 is 0. The normalized spacial score (nSPS) is 16.2. The number of H-pyrrole nitrogens is 1. The number of rotatable bonds is 5. The maximum Gasteiger partial charge on any atom is 0.189 e. The average Bonchev–Trinajstić information content (AvgIpc) is 2.53. The maximum absolute atomic E-state index is 11.6. The molecular formula is C16H20N2O3. The van der Waals surface area contributed by atoms with Crippen molar-refractivity contribution in [3.8, 4) is 5.75 Å². The van der Waals surface area contributed by atoms with Crippen LogP contribution < -0.4 is 10.2 Å². The Morgan fingerprint density at radius 3 is 2.95 bits per heavy atom. The molecule has 1 saturated heterocycles. The summed E-state index contributed by atoms with van der Waals surface area (Å²) in [5, 5.41) is 0.693. The number of pyridine rings is 1. The molecule has 2 heterocycles. The summed E-state index contributed by atoms with van der Waals surface area (Å²) in [6, 6.07) is 7.08. The van der Waals surface area contributed by atoms with E-state index in [1.807, 2.05) is 18.2 Å². The van der Waals surface area contributed by atoms with Gasteiger partial charge in [0, 0.05) is 43.4 Å². The molecule has 0 aliphatic carbocycles. The molecule has 1 aliphatic rings. The van der Waals surface area contributed by atoms with Gasteiger partial charge in [-0.1, -0.05) is 0 Å². The van der Waals surface area contributed by atoms with Crippen molar-refractivity contribution in [3.63, 3.8) is 0 Å². The van der Waals surface area contributed by atoms with E-state index in [4.69, 9.17) is 9.47 Å². The molecule has 1 N–H and O–H groups in total. The number of aromatic amines is 1. The van der Waals surface area contributed by atoms with Gasteiger partial charge in [0.25, 0.3) is 0 Å². The van der Waals surface area contributed by atoms with Crippen LogP contribution in [0, 0.1) is 0 Å². The van der Waals surface area contributed by atoms with E-state index in [1.165, 1.54) is 6.07 Å². The lowest BCUT2D eigenvalue weighted by Gasteiger charge is -2.26. The third-order valence-corrected chi connectivity index (χ3v) is 3.72. The van der Waals surface area contributed by atoms with Gasteiger partial charge in [-0.2, -0.15) is 0 Å². The minimum Gasteiger partial charge on any atom is -0.493 e. The lowest BCUT2D eigenvalue weighted by molar-refractivity contribution is 0.0358. The van der Waals surface area contributed by atoms with Crippen LogP contribution in [0.2, 0.25) is 0 Å². The Morgan fingerprint density at radius 1 is 1.24 bits per heavy atom. The van der Waals surface area contributed by atoms with Crippen LogP contribution in [0.4, 0.5) is 0 Å². The topological polar surface area (TPSA) is 54.6 Å². The van der Waals surface area contributed by atoms with E-state index in [0.29, 0.717) is 12.0 Å². The van der Waals surface area contributed by atoms with E-state index in [0.717, 1.165) is 50.5 Å². The van der Waals surface area contributed by atoms with Crippen LogP contribution in [0.3, 0.4) is 0 Å². The number of hydrogen-bond donors (Lipinski definition) is 1. The van der Waals surface area contributed by atoms with Gasteiger partial charge in [0.1, 0.15) is 5.75 Å². The highest BCUT2D eigenvalue weighted by molar-refractivity contribution is 5.79. The molecule has 2 aromatic rings. The minimum absolute atomic E-state index is 0.0302. The molecule has 0 unspecified atom stereocenters. The Labute approximate surface area is 123 Å². The highest BCUT2D eigenvalue weighted by atomic mass is 16.5. The Hall–Kier alpha value is -1.85. The number of hydrogen-bond acceptors (Lipinski definition) is 4. The number of morpholine rings is 1. The Balaban J connectivity index is 1.52. The van der Waals surface area contributed by atoms with Crippen LogP contribution in [0.1, 0.15) is 6.42 Å². The molecule has 0 spiro atoms. The highest BCUT2D eigenvalue weighted by Crippen LogP contribution is 2.16. The van der Waals surface area contributed by atoms with Gasteiger partial charge in [0.05, 0.1) is 25.3 Å². The molecule has 1 aliphatic heterocycles. The van der Waals surface area contributed by atoms with Crippen LogP contribution in [-0.4, -0.2) is 49.3 Å². The fourth-order valence-electron chi connectivity index (χ4n) is 2.55. The summed E-state index contributed by atoms with van der Waals surface area (Å²) in [6.07, 6.45) is 2.65. The summed E-state index contributed by atoms with van der Waals surface area (Å²) < 4.78 is 11.1. The molecule has 1 fully saturated rings. The Morgan fingerprint density at radius 2 is 2.10 bits per heavy atom. The minimum atomic E-state index is 0.0302. The highest BCUT2D eigenvalue weighted by Gasteiger charge is 2.09. The van der Waals surface area contributed by atoms with Crippen LogP contribution in [0.15, 0.2) is 35.3 Å². The predicted octanol–water partition coefficient (Wildman–Crippen LogP) is 1.63. The summed E-state index contributed by atoms with van der Waals surface area (Å²) in [5.41, 5.74) is 0.843. The van der Waals surface area contributed by atoms with E-state index in [2.05, 4.69) is 9.88 Å². The molecule has 5 heteroatoms. The summed E-state index contributed by atoms with van der Waals surface area (Å²) in [5.74, 6) is 0.798. The van der Waals surface area contributed by atoms with Gasteiger partial charge in [0.15, 0.2) is 5.43 Å². The number of fused-ring (bicyclic) bond motifs is 1. The molecule has 5 nitrogen and oxygen atoms in total. The second kappa shape index (κ2) is 6.74. The fourth-order valence-corrected chi connectivity index (χ4v) is 2.55. The number of benzene rings is 1. The van der Waals surface area contributed by atoms with Crippen molar-refractivity contribution in [3.05, 3.63) is 40.7 Å². The zero-order chi connectivity index (χ0) is 14.5. The molecule has 0 saturated carbocycles. The molecule has 0 amide bonds. The first-order valence-corrected chi connectivity index (χ1v) is 7.37. The Bertz CT molecular complexity index is 647. The second-order valence-corrected chi connectivity index (χ2v) is 5.21. The molecule has 0 atom stereocenters. The van der Waals surface area contributed by atoms with Crippen molar-refractivity contribution in [1.82, 2.24) is 9.88 Å². The molecule has 1 aromatic heterocycles. The van der Waals surface area contributed by atoms with Crippen LogP contribution in [0.5, 0.6) is 5.75 Å². The van der Waals surface area contributed by atoms with Crippen molar-refractivity contribution in [2.45, 2.75) is 6.42 Å². The molecule has 0 bridgehead atoms. The van der Waals surface area contributed by atoms with Gasteiger partial charge >= 0.3 is 0 Å². The van der Waals surface area contributed by atoms with E-state index in [9.17, 15) is 4.79 Å². The number of aromatic nitrogens is 1. The molecule has 112 valence electrons. The molecule has 3 rings (SSSR count). The monoisotopic (exact) mass is 288 g/mol. The predicted molar refractivity (Wildman–Crippen MR) is 81.9 cm³/mol. The SMILES string of the molecule is O=c1cc[nH]c2cc(OCCCN3CCOCC3)ccc12. The van der Waals surface area contributed by atoms with Crippen molar-refractivity contribution >= 4 is 10.9 Å². The first-order chi connectivity index (χ1) is 10.3. The van der Waals surface area contributed by atoms with Crippen molar-refractivity contribution in [2.75, 3.05) is 39.5 Å². The van der Waals surface area contributed by atoms with E-state index in [1.54, 1.807) is 6.20 Å². The smallest absolute Gasteiger partial charge is 0.189 e. The molecule has 21 heavy (non-hydrogen) atoms. The Kier molecular flexibility index (Phi) is 4.52. The summed E-state index contributed by atoms with van der Waals surface area (Å²) in [4.78, 5) is 17.1. The van der Waals surface area contributed by atoms with Crippen molar-refractivity contribution in [2.24, 2.45) is 0 Å². The number of nitrogens with one attached hydrogen (secondary N) is 1. The second-order valence-electron chi connectivity index (χ2n) is 5.21. The summed E-state index contributed by atoms with van der Waals surface area (Å²) in [6.45, 7) is 5.40. The number of nitrogens with zero attached hydrogens (tertiary/aromatic N) is 1. The van der Waals surface area contributed by atoms with E-state index >= 15 is 0 Å². The van der Waals surface area contributed by atoms with Gasteiger partial charge in [-0.15, -0.1) is 0 Å². The molecule has 0 radical (unpaired) electrons. The zero-order valence-electron chi connectivity index (χ0n) is 12.0. The van der Waals surface area contributed by atoms with Crippen molar-refractivity contribution < 1.29 is 9.47 Å². The lowest BCUT2D eigenvalue weighted by Crippen LogP contribution is -2.37. The standard InChI is InChI=1S/C16H20N2O3/c19-16-4-5-17-15-12-13(2-3-14(15)16)21-9-1-6-18-7-10-20-11-8-18/h2-5,12H,1,6-11H2,(H,17,19). The zero-order valence-corrected chi connectivity index (χ0v) is 12.0. The summed E-state index contributed by atoms with van der Waals surface area (Å²) in [7, 11) is 0. The fraction of sp³-hybridized carbons (Fsp3) is 0.438. The molecule has 1 aromatic carbocycles. The van der Waals surface area contributed by atoms with Gasteiger partial charge in [-0.25, -0.2) is 0 Å². The van der Waals surface area contributed by atoms with Gasteiger partial charge in [-0.05, 0) is 18.6 Å². The first kappa shape index (κ1) is 14.1. The van der Waals surface area contributed by atoms with E-state index < -0.39 is 0 Å². The van der Waals surface area contributed by atoms with Crippen LogP contribution in [-0.2, 0) is 4.74 Å².